The second-order valence-corrected chi connectivity index (χ2v) is 5.60. The first kappa shape index (κ1) is 23.2. The van der Waals surface area contributed by atoms with Gasteiger partial charge in [-0.2, -0.15) is 26.3 Å². The van der Waals surface area contributed by atoms with Crippen LogP contribution in [-0.2, 0) is 27.6 Å². The molecule has 0 radical (unpaired) electrons. The molecule has 0 fully saturated rings. The van der Waals surface area contributed by atoms with Crippen LogP contribution in [0.2, 0.25) is 0 Å². The molecule has 0 aliphatic rings. The summed E-state index contributed by atoms with van der Waals surface area (Å²) in [6, 6.07) is 0. The molecule has 0 heterocycles. The van der Waals surface area contributed by atoms with E-state index in [2.05, 4.69) is 23.0 Å². The van der Waals surface area contributed by atoms with E-state index in [1.54, 1.807) is 0 Å². The number of terminal acetylenes is 1. The van der Waals surface area contributed by atoms with E-state index in [-0.39, 0.29) is 0 Å². The summed E-state index contributed by atoms with van der Waals surface area (Å²) in [5, 5.41) is 0. The van der Waals surface area contributed by atoms with Gasteiger partial charge in [0.25, 0.3) is 0 Å². The smallest absolute Gasteiger partial charge is 0.370 e. The molecule has 0 aliphatic carbocycles. The van der Waals surface area contributed by atoms with Gasteiger partial charge in [0.2, 0.25) is 0 Å². The number of phosphoric acid groups is 1. The SMILES string of the molecule is C#CCOP(=O)(OCCOCC(F)(F)F)OCCOCC(F)(F)F. The molecule has 0 aromatic carbocycles. The first-order chi connectivity index (χ1) is 11.0. The van der Waals surface area contributed by atoms with Crippen LogP contribution in [0, 0.1) is 12.3 Å². The Morgan fingerprint density at radius 1 is 0.792 bits per heavy atom. The average molecular weight is 388 g/mol. The maximum absolute atomic E-state index is 12.0. The van der Waals surface area contributed by atoms with E-state index >= 15 is 0 Å². The summed E-state index contributed by atoms with van der Waals surface area (Å²) in [7, 11) is -4.26. The molecule has 0 saturated carbocycles. The molecule has 13 heteroatoms. The van der Waals surface area contributed by atoms with Gasteiger partial charge < -0.3 is 9.47 Å². The van der Waals surface area contributed by atoms with Gasteiger partial charge in [0.15, 0.2) is 0 Å². The monoisotopic (exact) mass is 388 g/mol. The van der Waals surface area contributed by atoms with Crippen molar-refractivity contribution in [1.82, 2.24) is 0 Å². The number of alkyl halides is 6. The van der Waals surface area contributed by atoms with Crippen molar-refractivity contribution in [3.63, 3.8) is 0 Å². The molecule has 0 bridgehead atoms. The number of rotatable bonds is 12. The number of hydrogen-bond donors (Lipinski definition) is 0. The molecule has 0 rings (SSSR count). The quantitative estimate of drug-likeness (QED) is 0.222. The first-order valence-electron chi connectivity index (χ1n) is 6.23. The van der Waals surface area contributed by atoms with E-state index in [1.165, 1.54) is 0 Å². The van der Waals surface area contributed by atoms with Gasteiger partial charge in [-0.15, -0.1) is 6.42 Å². The third-order valence-corrected chi connectivity index (χ3v) is 3.23. The highest BCUT2D eigenvalue weighted by atomic mass is 31.2. The van der Waals surface area contributed by atoms with Gasteiger partial charge in [-0.3, -0.25) is 13.6 Å². The number of ether oxygens (including phenoxy) is 2. The van der Waals surface area contributed by atoms with Gasteiger partial charge in [-0.25, -0.2) is 4.57 Å². The van der Waals surface area contributed by atoms with Crippen molar-refractivity contribution >= 4 is 7.82 Å². The predicted molar refractivity (Wildman–Crippen MR) is 68.0 cm³/mol. The Kier molecular flexibility index (Phi) is 10.5. The molecule has 142 valence electrons. The molecule has 0 unspecified atom stereocenters. The summed E-state index contributed by atoms with van der Waals surface area (Å²) < 4.78 is 105. The highest BCUT2D eigenvalue weighted by Gasteiger charge is 2.30. The summed E-state index contributed by atoms with van der Waals surface area (Å²) in [6.07, 6.45) is -4.19. The molecular formula is C11H15F6O6P. The molecule has 6 nitrogen and oxygen atoms in total. The molecule has 0 atom stereocenters. The van der Waals surface area contributed by atoms with Gasteiger partial charge in [-0.05, 0) is 0 Å². The van der Waals surface area contributed by atoms with Crippen molar-refractivity contribution in [3.05, 3.63) is 0 Å². The fourth-order valence-electron chi connectivity index (χ4n) is 1.02. The fraction of sp³-hybridized carbons (Fsp3) is 0.818. The van der Waals surface area contributed by atoms with E-state index in [1.807, 2.05) is 5.92 Å². The minimum Gasteiger partial charge on any atom is -0.370 e. The van der Waals surface area contributed by atoms with Crippen molar-refractivity contribution < 1.29 is 54.0 Å². The number of hydrogen-bond acceptors (Lipinski definition) is 6. The molecule has 0 aliphatic heterocycles. The van der Waals surface area contributed by atoms with Gasteiger partial charge in [0, 0.05) is 0 Å². The lowest BCUT2D eigenvalue weighted by molar-refractivity contribution is -0.175. The van der Waals surface area contributed by atoms with Gasteiger partial charge >= 0.3 is 20.2 Å². The van der Waals surface area contributed by atoms with Crippen LogP contribution in [0.1, 0.15) is 0 Å². The Balaban J connectivity index is 4.12. The van der Waals surface area contributed by atoms with Crippen LogP contribution in [0.25, 0.3) is 0 Å². The standard InChI is InChI=1S/C11H15F6O6P/c1-2-3-21-24(18,22-6-4-19-8-10(12,13)14)23-7-5-20-9-11(15,16)17/h1H,3-9H2. The molecule has 0 amide bonds. The summed E-state index contributed by atoms with van der Waals surface area (Å²) >= 11 is 0. The van der Waals surface area contributed by atoms with Crippen molar-refractivity contribution in [1.29, 1.82) is 0 Å². The van der Waals surface area contributed by atoms with Crippen LogP contribution in [-0.4, -0.2) is 58.6 Å². The Bertz CT molecular complexity index is 404. The highest BCUT2D eigenvalue weighted by Crippen LogP contribution is 2.49. The zero-order valence-corrected chi connectivity index (χ0v) is 13.1. The lowest BCUT2D eigenvalue weighted by atomic mass is 10.7. The van der Waals surface area contributed by atoms with E-state index < -0.39 is 66.4 Å². The summed E-state index contributed by atoms with van der Waals surface area (Å²) in [4.78, 5) is 0. The van der Waals surface area contributed by atoms with E-state index in [0.29, 0.717) is 0 Å². The molecule has 24 heavy (non-hydrogen) atoms. The highest BCUT2D eigenvalue weighted by molar-refractivity contribution is 7.48. The molecule has 0 N–H and O–H groups in total. The van der Waals surface area contributed by atoms with Crippen molar-refractivity contribution in [2.24, 2.45) is 0 Å². The first-order valence-corrected chi connectivity index (χ1v) is 7.69. The predicted octanol–water partition coefficient (Wildman–Crippen LogP) is 2.94. The second kappa shape index (κ2) is 10.9. The number of halogens is 6. The summed E-state index contributed by atoms with van der Waals surface area (Å²) in [5.41, 5.74) is 0. The van der Waals surface area contributed by atoms with Crippen LogP contribution >= 0.6 is 7.82 Å². The Labute approximate surface area is 133 Å². The fourth-order valence-corrected chi connectivity index (χ4v) is 2.07. The normalized spacial score (nSPS) is 13.0. The second-order valence-electron chi connectivity index (χ2n) is 3.93. The Morgan fingerprint density at radius 2 is 1.21 bits per heavy atom. The minimum absolute atomic E-state index is 0.510. The van der Waals surface area contributed by atoms with E-state index in [9.17, 15) is 30.9 Å². The number of phosphoric ester groups is 1. The Morgan fingerprint density at radius 3 is 1.54 bits per heavy atom. The molecule has 0 saturated heterocycles. The molecular weight excluding hydrogens is 373 g/mol. The molecule has 0 aromatic rings. The topological polar surface area (TPSA) is 63.2 Å². The maximum atomic E-state index is 12.0. The molecule has 0 spiro atoms. The zero-order chi connectivity index (χ0) is 18.7. The van der Waals surface area contributed by atoms with Crippen molar-refractivity contribution in [3.8, 4) is 12.3 Å². The average Bonchev–Trinajstić information content (AvgIpc) is 2.42. The van der Waals surface area contributed by atoms with Crippen LogP contribution in [0.5, 0.6) is 0 Å². The third kappa shape index (κ3) is 14.7. The van der Waals surface area contributed by atoms with Crippen LogP contribution in [0.15, 0.2) is 0 Å². The van der Waals surface area contributed by atoms with Crippen LogP contribution < -0.4 is 0 Å². The third-order valence-electron chi connectivity index (χ3n) is 1.79. The van der Waals surface area contributed by atoms with E-state index in [4.69, 9.17) is 6.42 Å². The van der Waals surface area contributed by atoms with Gasteiger partial charge in [0.1, 0.15) is 19.8 Å². The van der Waals surface area contributed by atoms with Gasteiger partial charge in [0.05, 0.1) is 26.4 Å². The van der Waals surface area contributed by atoms with E-state index in [0.717, 1.165) is 0 Å². The maximum Gasteiger partial charge on any atom is 0.475 e. The van der Waals surface area contributed by atoms with Crippen LogP contribution in [0.4, 0.5) is 26.3 Å². The zero-order valence-electron chi connectivity index (χ0n) is 12.2. The molecule has 0 aromatic heterocycles. The van der Waals surface area contributed by atoms with Gasteiger partial charge in [-0.1, -0.05) is 5.92 Å². The largest absolute Gasteiger partial charge is 0.475 e. The lowest BCUT2D eigenvalue weighted by Gasteiger charge is -2.17. The van der Waals surface area contributed by atoms with Crippen LogP contribution in [0.3, 0.4) is 0 Å². The van der Waals surface area contributed by atoms with Crippen molar-refractivity contribution in [2.75, 3.05) is 46.2 Å². The minimum atomic E-state index is -4.53. The Hall–Kier alpha value is -0.830. The lowest BCUT2D eigenvalue weighted by Crippen LogP contribution is -2.19. The van der Waals surface area contributed by atoms with Crippen molar-refractivity contribution in [2.45, 2.75) is 12.4 Å². The summed E-state index contributed by atoms with van der Waals surface area (Å²) in [5.74, 6) is 1.95. The summed E-state index contributed by atoms with van der Waals surface area (Å²) in [6.45, 7) is -5.88.